The van der Waals surface area contributed by atoms with Gasteiger partial charge in [0.2, 0.25) is 5.89 Å². The van der Waals surface area contributed by atoms with Crippen LogP contribution in [0.1, 0.15) is 0 Å². The molecule has 0 atom stereocenters. The van der Waals surface area contributed by atoms with Crippen molar-refractivity contribution < 1.29 is 8.83 Å². The molecular formula is C17H9BrN2O3. The average Bonchev–Trinajstić information content (AvgIpc) is 3.04. The Labute approximate surface area is 138 Å². The van der Waals surface area contributed by atoms with E-state index in [-0.39, 0.29) is 11.5 Å². The standard InChI is InChI=1S/C17H9BrN2O3/c18-13-7-3-2-6-11(13)15-19-20-16(23-15)12-9-10-5-1-4-8-14(10)22-17(12)21/h1-9H. The van der Waals surface area contributed by atoms with Crippen molar-refractivity contribution >= 4 is 26.9 Å². The minimum absolute atomic E-state index is 0.134. The van der Waals surface area contributed by atoms with Crippen molar-refractivity contribution in [2.75, 3.05) is 0 Å². The fourth-order valence-electron chi connectivity index (χ4n) is 2.29. The van der Waals surface area contributed by atoms with Crippen molar-refractivity contribution in [3.05, 3.63) is 69.5 Å². The van der Waals surface area contributed by atoms with Gasteiger partial charge in [-0.25, -0.2) is 4.79 Å². The number of benzene rings is 2. The van der Waals surface area contributed by atoms with Gasteiger partial charge in [-0.15, -0.1) is 10.2 Å². The van der Waals surface area contributed by atoms with E-state index in [2.05, 4.69) is 26.1 Å². The van der Waals surface area contributed by atoms with Gasteiger partial charge in [-0.05, 0) is 40.2 Å². The number of nitrogens with zero attached hydrogens (tertiary/aromatic N) is 2. The quantitative estimate of drug-likeness (QED) is 0.494. The van der Waals surface area contributed by atoms with E-state index < -0.39 is 5.63 Å². The molecule has 2 aromatic heterocycles. The molecule has 2 aromatic carbocycles. The summed E-state index contributed by atoms with van der Waals surface area (Å²) >= 11 is 3.44. The zero-order chi connectivity index (χ0) is 15.8. The average molecular weight is 369 g/mol. The smallest absolute Gasteiger partial charge is 0.349 e. The van der Waals surface area contributed by atoms with E-state index in [1.807, 2.05) is 42.5 Å². The third-order valence-electron chi connectivity index (χ3n) is 3.40. The highest BCUT2D eigenvalue weighted by Crippen LogP contribution is 2.29. The number of aromatic nitrogens is 2. The van der Waals surface area contributed by atoms with Crippen molar-refractivity contribution in [1.29, 1.82) is 0 Å². The Bertz CT molecular complexity index is 1070. The third-order valence-corrected chi connectivity index (χ3v) is 4.09. The second kappa shape index (κ2) is 5.48. The van der Waals surface area contributed by atoms with Crippen molar-refractivity contribution in [3.63, 3.8) is 0 Å². The van der Waals surface area contributed by atoms with Crippen LogP contribution in [0.15, 0.2) is 72.7 Å². The van der Waals surface area contributed by atoms with Gasteiger partial charge in [0, 0.05) is 9.86 Å². The fraction of sp³-hybridized carbons (Fsp3) is 0. The highest BCUT2D eigenvalue weighted by Gasteiger charge is 2.16. The largest absolute Gasteiger partial charge is 0.422 e. The summed E-state index contributed by atoms with van der Waals surface area (Å²) in [5.74, 6) is 0.468. The molecule has 0 radical (unpaired) electrons. The molecule has 2 heterocycles. The molecule has 0 N–H and O–H groups in total. The van der Waals surface area contributed by atoms with Gasteiger partial charge in [0.1, 0.15) is 11.1 Å². The fourth-order valence-corrected chi connectivity index (χ4v) is 2.74. The SMILES string of the molecule is O=c1oc2ccccc2cc1-c1nnc(-c2ccccc2Br)o1. The minimum Gasteiger partial charge on any atom is -0.422 e. The van der Waals surface area contributed by atoms with Crippen LogP contribution in [0, 0.1) is 0 Å². The third kappa shape index (κ3) is 2.47. The van der Waals surface area contributed by atoms with Gasteiger partial charge >= 0.3 is 5.63 Å². The summed E-state index contributed by atoms with van der Waals surface area (Å²) in [5.41, 5.74) is 1.02. The van der Waals surface area contributed by atoms with Crippen LogP contribution in [-0.2, 0) is 0 Å². The number of rotatable bonds is 2. The number of hydrogen-bond donors (Lipinski definition) is 0. The lowest BCUT2D eigenvalue weighted by Gasteiger charge is -1.99. The maximum atomic E-state index is 12.1. The summed E-state index contributed by atoms with van der Waals surface area (Å²) < 4.78 is 11.8. The van der Waals surface area contributed by atoms with E-state index in [4.69, 9.17) is 8.83 Å². The molecular weight excluding hydrogens is 360 g/mol. The number of halogens is 1. The Morgan fingerprint density at radius 2 is 1.52 bits per heavy atom. The lowest BCUT2D eigenvalue weighted by atomic mass is 10.2. The van der Waals surface area contributed by atoms with E-state index in [0.717, 1.165) is 15.4 Å². The van der Waals surface area contributed by atoms with E-state index in [1.165, 1.54) is 0 Å². The molecule has 4 aromatic rings. The van der Waals surface area contributed by atoms with E-state index in [1.54, 1.807) is 12.1 Å². The highest BCUT2D eigenvalue weighted by molar-refractivity contribution is 9.10. The molecule has 5 nitrogen and oxygen atoms in total. The maximum absolute atomic E-state index is 12.1. The second-order valence-corrected chi connectivity index (χ2v) is 5.73. The van der Waals surface area contributed by atoms with Gasteiger partial charge in [-0.3, -0.25) is 0 Å². The first kappa shape index (κ1) is 13.9. The molecule has 0 spiro atoms. The van der Waals surface area contributed by atoms with E-state index in [0.29, 0.717) is 11.5 Å². The first-order valence-corrected chi connectivity index (χ1v) is 7.63. The van der Waals surface area contributed by atoms with E-state index >= 15 is 0 Å². The molecule has 6 heteroatoms. The van der Waals surface area contributed by atoms with Crippen molar-refractivity contribution in [2.24, 2.45) is 0 Å². The molecule has 0 saturated heterocycles. The van der Waals surface area contributed by atoms with Crippen LogP contribution < -0.4 is 5.63 Å². The van der Waals surface area contributed by atoms with Gasteiger partial charge in [0.15, 0.2) is 0 Å². The van der Waals surface area contributed by atoms with Crippen LogP contribution in [0.2, 0.25) is 0 Å². The van der Waals surface area contributed by atoms with Crippen molar-refractivity contribution in [2.45, 2.75) is 0 Å². The van der Waals surface area contributed by atoms with Gasteiger partial charge in [0.25, 0.3) is 5.89 Å². The molecule has 0 saturated carbocycles. The molecule has 0 bridgehead atoms. The van der Waals surface area contributed by atoms with Gasteiger partial charge in [0.05, 0.1) is 5.56 Å². The van der Waals surface area contributed by atoms with Gasteiger partial charge < -0.3 is 8.83 Å². The van der Waals surface area contributed by atoms with Crippen LogP contribution in [0.5, 0.6) is 0 Å². The molecule has 112 valence electrons. The monoisotopic (exact) mass is 368 g/mol. The molecule has 23 heavy (non-hydrogen) atoms. The van der Waals surface area contributed by atoms with Crippen molar-refractivity contribution in [3.8, 4) is 22.9 Å². The van der Waals surface area contributed by atoms with Crippen LogP contribution in [0.3, 0.4) is 0 Å². The van der Waals surface area contributed by atoms with Crippen LogP contribution in [-0.4, -0.2) is 10.2 Å². The van der Waals surface area contributed by atoms with E-state index in [9.17, 15) is 4.79 Å². The summed E-state index contributed by atoms with van der Waals surface area (Å²) in [4.78, 5) is 12.1. The Balaban J connectivity index is 1.85. The lowest BCUT2D eigenvalue weighted by molar-refractivity contribution is 0.547. The Kier molecular flexibility index (Phi) is 3.31. The predicted octanol–water partition coefficient (Wildman–Crippen LogP) is 4.27. The topological polar surface area (TPSA) is 69.1 Å². The molecule has 0 fully saturated rings. The summed E-state index contributed by atoms with van der Waals surface area (Å²) in [6.45, 7) is 0. The summed E-state index contributed by atoms with van der Waals surface area (Å²) in [6, 6.07) is 16.5. The molecule has 0 aliphatic heterocycles. The Morgan fingerprint density at radius 3 is 2.35 bits per heavy atom. The molecule has 0 amide bonds. The highest BCUT2D eigenvalue weighted by atomic mass is 79.9. The van der Waals surface area contributed by atoms with Gasteiger partial charge in [-0.1, -0.05) is 30.3 Å². The second-order valence-electron chi connectivity index (χ2n) is 4.88. The molecule has 4 rings (SSSR count). The predicted molar refractivity (Wildman–Crippen MR) is 88.9 cm³/mol. The van der Waals surface area contributed by atoms with Crippen LogP contribution in [0.4, 0.5) is 0 Å². The summed E-state index contributed by atoms with van der Waals surface area (Å²) in [5, 5.41) is 8.79. The maximum Gasteiger partial charge on any atom is 0.349 e. The van der Waals surface area contributed by atoms with Gasteiger partial charge in [-0.2, -0.15) is 0 Å². The molecule has 0 unspecified atom stereocenters. The number of hydrogen-bond acceptors (Lipinski definition) is 5. The zero-order valence-electron chi connectivity index (χ0n) is 11.7. The Morgan fingerprint density at radius 1 is 0.826 bits per heavy atom. The first-order valence-electron chi connectivity index (χ1n) is 6.84. The zero-order valence-corrected chi connectivity index (χ0v) is 13.3. The lowest BCUT2D eigenvalue weighted by Crippen LogP contribution is -2.02. The van der Waals surface area contributed by atoms with Crippen LogP contribution in [0.25, 0.3) is 33.9 Å². The number of fused-ring (bicyclic) bond motifs is 1. The summed E-state index contributed by atoms with van der Waals surface area (Å²) in [7, 11) is 0. The molecule has 0 aliphatic rings. The summed E-state index contributed by atoms with van der Waals surface area (Å²) in [6.07, 6.45) is 0. The molecule has 0 aliphatic carbocycles. The Hall–Kier alpha value is -2.73. The number of para-hydroxylation sites is 1. The van der Waals surface area contributed by atoms with Crippen molar-refractivity contribution in [1.82, 2.24) is 10.2 Å². The normalized spacial score (nSPS) is 11.0. The minimum atomic E-state index is -0.508. The first-order chi connectivity index (χ1) is 11.2. The van der Waals surface area contributed by atoms with Crippen LogP contribution >= 0.6 is 15.9 Å².